The highest BCUT2D eigenvalue weighted by atomic mass is 19.1. The van der Waals surface area contributed by atoms with Crippen molar-refractivity contribution in [2.24, 2.45) is 0 Å². The van der Waals surface area contributed by atoms with Crippen molar-refractivity contribution in [3.8, 4) is 34.1 Å². The summed E-state index contributed by atoms with van der Waals surface area (Å²) in [6, 6.07) is 22.6. The summed E-state index contributed by atoms with van der Waals surface area (Å²) in [5, 5.41) is 5.71. The molecule has 0 unspecified atom stereocenters. The van der Waals surface area contributed by atoms with Crippen LogP contribution < -0.4 is 25.0 Å². The van der Waals surface area contributed by atoms with Gasteiger partial charge in [0.25, 0.3) is 5.91 Å². The van der Waals surface area contributed by atoms with Crippen LogP contribution in [0.3, 0.4) is 0 Å². The molecule has 8 rings (SSSR count). The van der Waals surface area contributed by atoms with Gasteiger partial charge in [0, 0.05) is 48.8 Å². The standard InChI is InChI=1S/C42H42F2N8O3/c1-54-35-15-12-27(25-30(35)41(53)49-39-31(43)9-8-10-32(39)44)38-40(52-22-7-4-11-37(52)48-38)34-16-19-45-42(47-34)46-33-14-13-29(26-36(33)55-2)51-23-17-28(18-24-51)50-20-5-3-6-21-50/h4,7-16,19,22,25-26,28H,3,5-6,17-18,20-21,23-24H2,1-2H3,(H,49,53)(H,45,46,47). The van der Waals surface area contributed by atoms with E-state index >= 15 is 0 Å². The summed E-state index contributed by atoms with van der Waals surface area (Å²) in [5.74, 6) is -1.28. The predicted octanol–water partition coefficient (Wildman–Crippen LogP) is 8.20. The molecule has 13 heteroatoms. The minimum absolute atomic E-state index is 0.0672. The van der Waals surface area contributed by atoms with E-state index in [0.717, 1.165) is 49.4 Å². The lowest BCUT2D eigenvalue weighted by atomic mass is 9.99. The summed E-state index contributed by atoms with van der Waals surface area (Å²) in [5.41, 5.74) is 4.30. The van der Waals surface area contributed by atoms with E-state index < -0.39 is 23.2 Å². The number of hydrogen-bond acceptors (Lipinski definition) is 9. The van der Waals surface area contributed by atoms with Crippen LogP contribution in [0.25, 0.3) is 28.3 Å². The number of aromatic nitrogens is 4. The third kappa shape index (κ3) is 7.39. The van der Waals surface area contributed by atoms with Gasteiger partial charge in [-0.2, -0.15) is 0 Å². The van der Waals surface area contributed by atoms with Gasteiger partial charge in [-0.3, -0.25) is 9.20 Å². The SMILES string of the molecule is COc1cc(N2CCC(N3CCCCC3)CC2)ccc1Nc1nccc(-c2c(-c3ccc(OC)c(C(=O)Nc4c(F)cccc4F)c3)nc3ccccn23)n1. The largest absolute Gasteiger partial charge is 0.496 e. The smallest absolute Gasteiger partial charge is 0.259 e. The number of nitrogens with zero attached hydrogens (tertiary/aromatic N) is 6. The second kappa shape index (κ2) is 15.7. The van der Waals surface area contributed by atoms with Crippen LogP contribution in [-0.4, -0.2) is 76.6 Å². The minimum Gasteiger partial charge on any atom is -0.496 e. The van der Waals surface area contributed by atoms with Crippen molar-refractivity contribution in [2.45, 2.75) is 38.1 Å². The van der Waals surface area contributed by atoms with Gasteiger partial charge < -0.3 is 29.9 Å². The molecule has 2 aliphatic rings. The molecule has 55 heavy (non-hydrogen) atoms. The molecule has 0 bridgehead atoms. The Hall–Kier alpha value is -6.08. The van der Waals surface area contributed by atoms with Crippen LogP contribution in [0, 0.1) is 11.6 Å². The molecule has 2 aliphatic heterocycles. The lowest BCUT2D eigenvalue weighted by molar-refractivity contribution is 0.102. The van der Waals surface area contributed by atoms with Crippen LogP contribution >= 0.6 is 0 Å². The Kier molecular flexibility index (Phi) is 10.3. The maximum absolute atomic E-state index is 14.5. The van der Waals surface area contributed by atoms with Gasteiger partial charge in [-0.05, 0) is 99.4 Å². The number of fused-ring (bicyclic) bond motifs is 1. The highest BCUT2D eigenvalue weighted by Gasteiger charge is 2.27. The highest BCUT2D eigenvalue weighted by Crippen LogP contribution is 2.37. The number of imidazole rings is 1. The number of piperidine rings is 2. The summed E-state index contributed by atoms with van der Waals surface area (Å²) < 4.78 is 42.1. The third-order valence-corrected chi connectivity index (χ3v) is 10.5. The zero-order valence-electron chi connectivity index (χ0n) is 30.8. The van der Waals surface area contributed by atoms with Gasteiger partial charge in [0.1, 0.15) is 34.5 Å². The number of carbonyl (C=O) groups is 1. The van der Waals surface area contributed by atoms with E-state index in [1.54, 1.807) is 37.6 Å². The number of anilines is 4. The number of pyridine rings is 1. The number of carbonyl (C=O) groups excluding carboxylic acids is 1. The maximum atomic E-state index is 14.5. The number of amides is 1. The first kappa shape index (κ1) is 35.9. The van der Waals surface area contributed by atoms with E-state index in [2.05, 4.69) is 37.6 Å². The van der Waals surface area contributed by atoms with E-state index in [4.69, 9.17) is 19.4 Å². The first-order valence-electron chi connectivity index (χ1n) is 18.6. The molecule has 0 atom stereocenters. The summed E-state index contributed by atoms with van der Waals surface area (Å²) >= 11 is 0. The summed E-state index contributed by atoms with van der Waals surface area (Å²) in [4.78, 5) is 32.9. The lowest BCUT2D eigenvalue weighted by Gasteiger charge is -2.41. The van der Waals surface area contributed by atoms with Crippen molar-refractivity contribution < 1.29 is 23.0 Å². The molecule has 3 aromatic heterocycles. The van der Waals surface area contributed by atoms with E-state index in [9.17, 15) is 13.6 Å². The maximum Gasteiger partial charge on any atom is 0.259 e. The Labute approximate surface area is 318 Å². The molecule has 0 aliphatic carbocycles. The Morgan fingerprint density at radius 1 is 0.818 bits per heavy atom. The van der Waals surface area contributed by atoms with Gasteiger partial charge >= 0.3 is 0 Å². The van der Waals surface area contributed by atoms with E-state index in [1.165, 1.54) is 45.5 Å². The Balaban J connectivity index is 1.07. The second-order valence-corrected chi connectivity index (χ2v) is 13.8. The Morgan fingerprint density at radius 3 is 2.36 bits per heavy atom. The number of nitrogens with one attached hydrogen (secondary N) is 2. The van der Waals surface area contributed by atoms with Gasteiger partial charge in [0.2, 0.25) is 5.95 Å². The number of hydrogen-bond donors (Lipinski definition) is 2. The lowest BCUT2D eigenvalue weighted by Crippen LogP contribution is -2.46. The van der Waals surface area contributed by atoms with Gasteiger partial charge in [-0.15, -0.1) is 0 Å². The molecular weight excluding hydrogens is 703 g/mol. The normalized spacial score (nSPS) is 15.2. The van der Waals surface area contributed by atoms with Gasteiger partial charge in [-0.25, -0.2) is 23.7 Å². The number of rotatable bonds is 10. The van der Waals surface area contributed by atoms with Crippen LogP contribution in [0.2, 0.25) is 0 Å². The van der Waals surface area contributed by atoms with Crippen molar-refractivity contribution in [1.29, 1.82) is 0 Å². The number of halogens is 2. The molecular formula is C42H42F2N8O3. The zero-order chi connectivity index (χ0) is 37.9. The Morgan fingerprint density at radius 2 is 1.60 bits per heavy atom. The van der Waals surface area contributed by atoms with Gasteiger partial charge in [-0.1, -0.05) is 18.6 Å². The predicted molar refractivity (Wildman–Crippen MR) is 209 cm³/mol. The van der Waals surface area contributed by atoms with Crippen molar-refractivity contribution in [3.05, 3.63) is 108 Å². The molecule has 11 nitrogen and oxygen atoms in total. The average molecular weight is 745 g/mol. The number of methoxy groups -OCH3 is 2. The average Bonchev–Trinajstić information content (AvgIpc) is 3.62. The summed E-state index contributed by atoms with van der Waals surface area (Å²) in [7, 11) is 3.08. The molecule has 1 amide bonds. The molecule has 5 heterocycles. The van der Waals surface area contributed by atoms with Crippen LogP contribution in [0.5, 0.6) is 11.5 Å². The monoisotopic (exact) mass is 744 g/mol. The Bertz CT molecular complexity index is 2320. The van der Waals surface area contributed by atoms with E-state index in [1.807, 2.05) is 34.9 Å². The van der Waals surface area contributed by atoms with E-state index in [-0.39, 0.29) is 11.3 Å². The molecule has 282 valence electrons. The molecule has 2 fully saturated rings. The fourth-order valence-electron chi connectivity index (χ4n) is 7.70. The van der Waals surface area contributed by atoms with Crippen molar-refractivity contribution >= 4 is 34.6 Å². The van der Waals surface area contributed by atoms with Gasteiger partial charge in [0.15, 0.2) is 0 Å². The molecule has 0 saturated carbocycles. The molecule has 6 aromatic rings. The summed E-state index contributed by atoms with van der Waals surface area (Å²) in [6.07, 6.45) is 9.84. The van der Waals surface area contributed by atoms with Crippen LogP contribution in [0.15, 0.2) is 91.3 Å². The first-order valence-corrected chi connectivity index (χ1v) is 18.6. The van der Waals surface area contributed by atoms with Crippen LogP contribution in [0.1, 0.15) is 42.5 Å². The third-order valence-electron chi connectivity index (χ3n) is 10.5. The minimum atomic E-state index is -0.892. The van der Waals surface area contributed by atoms with Gasteiger partial charge in [0.05, 0.1) is 42.6 Å². The second-order valence-electron chi connectivity index (χ2n) is 13.8. The highest BCUT2D eigenvalue weighted by molar-refractivity contribution is 6.07. The molecule has 0 spiro atoms. The van der Waals surface area contributed by atoms with Crippen molar-refractivity contribution in [3.63, 3.8) is 0 Å². The first-order chi connectivity index (χ1) is 26.9. The van der Waals surface area contributed by atoms with Crippen LogP contribution in [0.4, 0.5) is 31.8 Å². The quantitative estimate of drug-likeness (QED) is 0.144. The molecule has 0 radical (unpaired) electrons. The van der Waals surface area contributed by atoms with E-state index in [0.29, 0.717) is 46.0 Å². The topological polar surface area (TPSA) is 109 Å². The molecule has 2 N–H and O–H groups in total. The van der Waals surface area contributed by atoms with Crippen molar-refractivity contribution in [2.75, 3.05) is 55.9 Å². The fourth-order valence-corrected chi connectivity index (χ4v) is 7.70. The number of benzene rings is 3. The zero-order valence-corrected chi connectivity index (χ0v) is 30.8. The van der Waals surface area contributed by atoms with Crippen LogP contribution in [-0.2, 0) is 0 Å². The van der Waals surface area contributed by atoms with Crippen molar-refractivity contribution in [1.82, 2.24) is 24.3 Å². The summed E-state index contributed by atoms with van der Waals surface area (Å²) in [6.45, 7) is 4.47. The molecule has 3 aromatic carbocycles. The fraction of sp³-hybridized carbons (Fsp3) is 0.286. The number of ether oxygens (including phenoxy) is 2. The number of para-hydroxylation sites is 1. The number of likely N-dealkylation sites (tertiary alicyclic amines) is 1. The molecule has 2 saturated heterocycles.